The van der Waals surface area contributed by atoms with E-state index in [4.69, 9.17) is 17.3 Å². The summed E-state index contributed by atoms with van der Waals surface area (Å²) in [6.45, 7) is 0.345. The Morgan fingerprint density at radius 2 is 1.71 bits per heavy atom. The highest BCUT2D eigenvalue weighted by Gasteiger charge is 2.13. The van der Waals surface area contributed by atoms with Gasteiger partial charge in [-0.3, -0.25) is 4.57 Å². The van der Waals surface area contributed by atoms with Gasteiger partial charge in [0, 0.05) is 17.1 Å². The molecule has 2 aromatic carbocycles. The molecular formula is C16H15ClN4. The van der Waals surface area contributed by atoms with Crippen LogP contribution in [0.4, 0.5) is 0 Å². The fourth-order valence-corrected chi connectivity index (χ4v) is 2.52. The van der Waals surface area contributed by atoms with Crippen LogP contribution in [-0.4, -0.2) is 14.8 Å². The summed E-state index contributed by atoms with van der Waals surface area (Å²) in [6, 6.07) is 17.7. The van der Waals surface area contributed by atoms with E-state index < -0.39 is 0 Å². The zero-order valence-corrected chi connectivity index (χ0v) is 12.2. The lowest BCUT2D eigenvalue weighted by atomic mass is 10.1. The summed E-state index contributed by atoms with van der Waals surface area (Å²) in [5.74, 6) is 1.60. The molecule has 21 heavy (non-hydrogen) atoms. The van der Waals surface area contributed by atoms with E-state index in [9.17, 15) is 0 Å². The van der Waals surface area contributed by atoms with Crippen LogP contribution in [0.15, 0.2) is 54.6 Å². The van der Waals surface area contributed by atoms with Gasteiger partial charge in [-0.05, 0) is 29.8 Å². The van der Waals surface area contributed by atoms with Crippen LogP contribution < -0.4 is 5.73 Å². The van der Waals surface area contributed by atoms with Gasteiger partial charge in [-0.1, -0.05) is 41.9 Å². The lowest BCUT2D eigenvalue weighted by molar-refractivity contribution is 0.838. The van der Waals surface area contributed by atoms with Gasteiger partial charge in [0.15, 0.2) is 5.82 Å². The highest BCUT2D eigenvalue weighted by Crippen LogP contribution is 2.18. The summed E-state index contributed by atoms with van der Waals surface area (Å²) in [5.41, 5.74) is 7.88. The number of para-hydroxylation sites is 1. The zero-order chi connectivity index (χ0) is 14.7. The molecule has 0 amide bonds. The lowest BCUT2D eigenvalue weighted by Crippen LogP contribution is -2.09. The number of hydrogen-bond acceptors (Lipinski definition) is 3. The molecule has 2 N–H and O–H groups in total. The van der Waals surface area contributed by atoms with Crippen LogP contribution >= 0.6 is 11.6 Å². The van der Waals surface area contributed by atoms with E-state index in [0.717, 1.165) is 27.9 Å². The first-order chi connectivity index (χ1) is 10.3. The fraction of sp³-hybridized carbons (Fsp3) is 0.125. The topological polar surface area (TPSA) is 56.7 Å². The van der Waals surface area contributed by atoms with Crippen LogP contribution in [0.1, 0.15) is 17.2 Å². The van der Waals surface area contributed by atoms with Crippen LogP contribution in [0.25, 0.3) is 5.69 Å². The van der Waals surface area contributed by atoms with Gasteiger partial charge in [-0.25, -0.2) is 0 Å². The standard InChI is InChI=1S/C16H15ClN4/c17-13-6-4-5-12(9-13)10-15-19-20-16(11-18)21(15)14-7-2-1-3-8-14/h1-9H,10-11,18H2. The third-order valence-corrected chi connectivity index (χ3v) is 3.48. The molecule has 1 heterocycles. The quantitative estimate of drug-likeness (QED) is 0.805. The number of benzene rings is 2. The maximum Gasteiger partial charge on any atom is 0.151 e. The maximum atomic E-state index is 6.04. The number of hydrogen-bond donors (Lipinski definition) is 1. The summed E-state index contributed by atoms with van der Waals surface area (Å²) in [6.07, 6.45) is 0.655. The number of rotatable bonds is 4. The first-order valence-corrected chi connectivity index (χ1v) is 7.09. The number of aromatic nitrogens is 3. The molecule has 0 atom stereocenters. The van der Waals surface area contributed by atoms with Crippen molar-refractivity contribution in [3.8, 4) is 5.69 Å². The molecule has 106 valence electrons. The SMILES string of the molecule is NCc1nnc(Cc2cccc(Cl)c2)n1-c1ccccc1. The average molecular weight is 299 g/mol. The van der Waals surface area contributed by atoms with Crippen molar-refractivity contribution < 1.29 is 0 Å². The third-order valence-electron chi connectivity index (χ3n) is 3.25. The van der Waals surface area contributed by atoms with Crippen molar-refractivity contribution in [1.82, 2.24) is 14.8 Å². The second-order valence-electron chi connectivity index (χ2n) is 4.71. The van der Waals surface area contributed by atoms with Crippen LogP contribution in [0.3, 0.4) is 0 Å². The Labute approximate surface area is 128 Å². The van der Waals surface area contributed by atoms with Gasteiger partial charge >= 0.3 is 0 Å². The first kappa shape index (κ1) is 13.8. The molecule has 1 aromatic heterocycles. The minimum Gasteiger partial charge on any atom is -0.324 e. The largest absolute Gasteiger partial charge is 0.324 e. The molecule has 0 aliphatic heterocycles. The van der Waals surface area contributed by atoms with Crippen LogP contribution in [-0.2, 0) is 13.0 Å². The smallest absolute Gasteiger partial charge is 0.151 e. The summed E-state index contributed by atoms with van der Waals surface area (Å²) in [5, 5.41) is 9.18. The van der Waals surface area contributed by atoms with E-state index in [1.807, 2.05) is 59.2 Å². The monoisotopic (exact) mass is 298 g/mol. The van der Waals surface area contributed by atoms with E-state index in [1.165, 1.54) is 0 Å². The van der Waals surface area contributed by atoms with Crippen LogP contribution in [0.5, 0.6) is 0 Å². The second kappa shape index (κ2) is 6.08. The minimum absolute atomic E-state index is 0.345. The summed E-state index contributed by atoms with van der Waals surface area (Å²) >= 11 is 6.04. The van der Waals surface area contributed by atoms with Gasteiger partial charge in [0.05, 0.1) is 6.54 Å². The Morgan fingerprint density at radius 3 is 2.43 bits per heavy atom. The van der Waals surface area contributed by atoms with Crippen molar-refractivity contribution in [2.75, 3.05) is 0 Å². The van der Waals surface area contributed by atoms with E-state index in [2.05, 4.69) is 10.2 Å². The molecule has 0 spiro atoms. The lowest BCUT2D eigenvalue weighted by Gasteiger charge is -2.09. The predicted octanol–water partition coefficient (Wildman–Crippen LogP) is 2.97. The Balaban J connectivity index is 2.02. The summed E-state index contributed by atoms with van der Waals surface area (Å²) in [4.78, 5) is 0. The second-order valence-corrected chi connectivity index (χ2v) is 5.15. The molecular weight excluding hydrogens is 284 g/mol. The van der Waals surface area contributed by atoms with Crippen molar-refractivity contribution >= 4 is 11.6 Å². The molecule has 0 fully saturated rings. The van der Waals surface area contributed by atoms with Crippen molar-refractivity contribution in [1.29, 1.82) is 0 Å². The predicted molar refractivity (Wildman–Crippen MR) is 83.5 cm³/mol. The fourth-order valence-electron chi connectivity index (χ4n) is 2.30. The molecule has 0 saturated heterocycles. The Hall–Kier alpha value is -2.17. The van der Waals surface area contributed by atoms with Gasteiger partial charge in [0.1, 0.15) is 5.82 Å². The van der Waals surface area contributed by atoms with Gasteiger partial charge in [-0.2, -0.15) is 0 Å². The summed E-state index contributed by atoms with van der Waals surface area (Å²) < 4.78 is 2.00. The van der Waals surface area contributed by atoms with Crippen LogP contribution in [0.2, 0.25) is 5.02 Å². The molecule has 0 aliphatic carbocycles. The molecule has 0 unspecified atom stereocenters. The molecule has 0 saturated carbocycles. The molecule has 3 rings (SSSR count). The number of halogens is 1. The van der Waals surface area contributed by atoms with Gasteiger partial charge in [0.25, 0.3) is 0 Å². The third kappa shape index (κ3) is 2.96. The van der Waals surface area contributed by atoms with E-state index in [0.29, 0.717) is 13.0 Å². The average Bonchev–Trinajstić information content (AvgIpc) is 2.91. The highest BCUT2D eigenvalue weighted by atomic mass is 35.5. The van der Waals surface area contributed by atoms with Gasteiger partial charge in [-0.15, -0.1) is 10.2 Å². The van der Waals surface area contributed by atoms with Gasteiger partial charge in [0.2, 0.25) is 0 Å². The van der Waals surface area contributed by atoms with Crippen LogP contribution in [0, 0.1) is 0 Å². The van der Waals surface area contributed by atoms with Crippen molar-refractivity contribution in [3.63, 3.8) is 0 Å². The van der Waals surface area contributed by atoms with E-state index >= 15 is 0 Å². The van der Waals surface area contributed by atoms with Gasteiger partial charge < -0.3 is 5.73 Å². The molecule has 0 aliphatic rings. The molecule has 0 bridgehead atoms. The maximum absolute atomic E-state index is 6.04. The first-order valence-electron chi connectivity index (χ1n) is 6.71. The molecule has 5 heteroatoms. The Kier molecular flexibility index (Phi) is 3.99. The highest BCUT2D eigenvalue weighted by molar-refractivity contribution is 6.30. The van der Waals surface area contributed by atoms with Crippen molar-refractivity contribution in [2.24, 2.45) is 5.73 Å². The van der Waals surface area contributed by atoms with Crippen molar-refractivity contribution in [2.45, 2.75) is 13.0 Å². The molecule has 3 aromatic rings. The van der Waals surface area contributed by atoms with E-state index in [1.54, 1.807) is 0 Å². The Morgan fingerprint density at radius 1 is 0.952 bits per heavy atom. The number of nitrogens with zero attached hydrogens (tertiary/aromatic N) is 3. The normalized spacial score (nSPS) is 10.8. The Bertz CT molecular complexity index is 737. The van der Waals surface area contributed by atoms with Crippen molar-refractivity contribution in [3.05, 3.63) is 76.8 Å². The number of nitrogens with two attached hydrogens (primary N) is 1. The molecule has 4 nitrogen and oxygen atoms in total. The zero-order valence-electron chi connectivity index (χ0n) is 11.4. The van der Waals surface area contributed by atoms with E-state index in [-0.39, 0.29) is 0 Å². The molecule has 0 radical (unpaired) electrons. The minimum atomic E-state index is 0.345. The summed E-state index contributed by atoms with van der Waals surface area (Å²) in [7, 11) is 0.